The normalized spacial score (nSPS) is 24.5. The molecular formula is C16H20N2O2S. The van der Waals surface area contributed by atoms with Crippen molar-refractivity contribution in [2.45, 2.75) is 44.2 Å². The van der Waals surface area contributed by atoms with Crippen LogP contribution in [0.3, 0.4) is 0 Å². The Morgan fingerprint density at radius 1 is 1.14 bits per heavy atom. The maximum absolute atomic E-state index is 5.41. The fourth-order valence-corrected chi connectivity index (χ4v) is 4.51. The second kappa shape index (κ2) is 5.44. The van der Waals surface area contributed by atoms with Crippen LogP contribution in [0.2, 0.25) is 0 Å². The van der Waals surface area contributed by atoms with Crippen LogP contribution >= 0.6 is 11.8 Å². The highest BCUT2D eigenvalue weighted by molar-refractivity contribution is 8.14. The Balaban J connectivity index is 1.42. The Hall–Kier alpha value is -1.36. The smallest absolute Gasteiger partial charge is 0.231 e. The molecule has 2 aliphatic heterocycles. The molecule has 1 aromatic carbocycles. The first kappa shape index (κ1) is 13.3. The lowest BCUT2D eigenvalue weighted by Gasteiger charge is -2.32. The first-order valence-electron chi connectivity index (χ1n) is 7.67. The number of rotatable bonds is 2. The van der Waals surface area contributed by atoms with Crippen LogP contribution in [0.5, 0.6) is 11.5 Å². The number of benzene rings is 1. The summed E-state index contributed by atoms with van der Waals surface area (Å²) in [7, 11) is 0. The summed E-state index contributed by atoms with van der Waals surface area (Å²) in [6.07, 6.45) is 6.68. The summed E-state index contributed by atoms with van der Waals surface area (Å²) in [6, 6.07) is 6.06. The number of nitrogens with one attached hydrogen (secondary N) is 1. The van der Waals surface area contributed by atoms with E-state index in [2.05, 4.69) is 11.4 Å². The molecule has 1 aliphatic carbocycles. The van der Waals surface area contributed by atoms with E-state index in [1.54, 1.807) is 0 Å². The Bertz CT molecular complexity index is 567. The van der Waals surface area contributed by atoms with Crippen molar-refractivity contribution in [1.29, 1.82) is 0 Å². The van der Waals surface area contributed by atoms with Crippen LogP contribution in [-0.4, -0.2) is 23.3 Å². The largest absolute Gasteiger partial charge is 0.454 e. The van der Waals surface area contributed by atoms with E-state index in [0.29, 0.717) is 18.9 Å². The van der Waals surface area contributed by atoms with E-state index in [-0.39, 0.29) is 0 Å². The number of thioether (sulfide) groups is 1. The SMILES string of the molecule is c1cc2c(cc1CN=C1NC3(CCCCC3)CS1)OCO2. The van der Waals surface area contributed by atoms with Crippen molar-refractivity contribution in [3.63, 3.8) is 0 Å². The van der Waals surface area contributed by atoms with Crippen molar-refractivity contribution in [2.24, 2.45) is 4.99 Å². The van der Waals surface area contributed by atoms with E-state index < -0.39 is 0 Å². The zero-order chi connectivity index (χ0) is 14.1. The molecule has 2 fully saturated rings. The van der Waals surface area contributed by atoms with Gasteiger partial charge >= 0.3 is 0 Å². The summed E-state index contributed by atoms with van der Waals surface area (Å²) in [4.78, 5) is 4.74. The van der Waals surface area contributed by atoms with Gasteiger partial charge in [0.2, 0.25) is 6.79 Å². The van der Waals surface area contributed by atoms with Crippen LogP contribution < -0.4 is 14.8 Å². The molecule has 2 heterocycles. The predicted molar refractivity (Wildman–Crippen MR) is 85.1 cm³/mol. The van der Waals surface area contributed by atoms with Crippen molar-refractivity contribution >= 4 is 16.9 Å². The molecule has 0 bridgehead atoms. The molecule has 1 saturated carbocycles. The highest BCUT2D eigenvalue weighted by Crippen LogP contribution is 2.36. The maximum Gasteiger partial charge on any atom is 0.231 e. The van der Waals surface area contributed by atoms with Crippen molar-refractivity contribution in [3.8, 4) is 11.5 Å². The third-order valence-corrected chi connectivity index (χ3v) is 5.71. The molecule has 0 amide bonds. The molecule has 21 heavy (non-hydrogen) atoms. The number of aliphatic imine (C=N–C) groups is 1. The highest BCUT2D eigenvalue weighted by atomic mass is 32.2. The number of hydrogen-bond acceptors (Lipinski definition) is 4. The molecule has 1 saturated heterocycles. The van der Waals surface area contributed by atoms with Crippen molar-refractivity contribution < 1.29 is 9.47 Å². The fraction of sp³-hybridized carbons (Fsp3) is 0.562. The summed E-state index contributed by atoms with van der Waals surface area (Å²) in [5.41, 5.74) is 1.50. The van der Waals surface area contributed by atoms with Crippen LogP contribution in [-0.2, 0) is 6.54 Å². The number of hydrogen-bond donors (Lipinski definition) is 1. The minimum atomic E-state index is 0.327. The van der Waals surface area contributed by atoms with Gasteiger partial charge in [-0.1, -0.05) is 37.1 Å². The van der Waals surface area contributed by atoms with Gasteiger partial charge in [-0.2, -0.15) is 0 Å². The summed E-state index contributed by atoms with van der Waals surface area (Å²) in [6.45, 7) is 1.02. The van der Waals surface area contributed by atoms with Gasteiger partial charge in [0.1, 0.15) is 0 Å². The summed E-state index contributed by atoms with van der Waals surface area (Å²) in [5, 5.41) is 4.79. The second-order valence-electron chi connectivity index (χ2n) is 6.06. The van der Waals surface area contributed by atoms with Gasteiger partial charge in [-0.3, -0.25) is 4.99 Å². The summed E-state index contributed by atoms with van der Waals surface area (Å²) >= 11 is 1.88. The molecule has 1 spiro atoms. The fourth-order valence-electron chi connectivity index (χ4n) is 3.29. The molecule has 1 aromatic rings. The molecule has 112 valence electrons. The Morgan fingerprint density at radius 3 is 2.90 bits per heavy atom. The van der Waals surface area contributed by atoms with Crippen molar-refractivity contribution in [2.75, 3.05) is 12.5 Å². The Morgan fingerprint density at radius 2 is 2.00 bits per heavy atom. The van der Waals surface area contributed by atoms with E-state index in [1.165, 1.54) is 43.4 Å². The zero-order valence-electron chi connectivity index (χ0n) is 12.1. The second-order valence-corrected chi connectivity index (χ2v) is 7.03. The molecule has 4 nitrogen and oxygen atoms in total. The van der Waals surface area contributed by atoms with E-state index >= 15 is 0 Å². The van der Waals surface area contributed by atoms with Crippen molar-refractivity contribution in [1.82, 2.24) is 5.32 Å². The first-order chi connectivity index (χ1) is 10.3. The zero-order valence-corrected chi connectivity index (χ0v) is 12.9. The van der Waals surface area contributed by atoms with E-state index in [4.69, 9.17) is 14.5 Å². The minimum absolute atomic E-state index is 0.327. The lowest BCUT2D eigenvalue weighted by atomic mass is 9.83. The van der Waals surface area contributed by atoms with Crippen molar-refractivity contribution in [3.05, 3.63) is 23.8 Å². The number of ether oxygens (including phenoxy) is 2. The predicted octanol–water partition coefficient (Wildman–Crippen LogP) is 3.31. The van der Waals surface area contributed by atoms with Crippen LogP contribution in [0.15, 0.2) is 23.2 Å². The van der Waals surface area contributed by atoms with Gasteiger partial charge in [-0.25, -0.2) is 0 Å². The van der Waals surface area contributed by atoms with Gasteiger partial charge in [-0.05, 0) is 30.5 Å². The van der Waals surface area contributed by atoms with Crippen LogP contribution in [0.4, 0.5) is 0 Å². The topological polar surface area (TPSA) is 42.9 Å². The van der Waals surface area contributed by atoms with Gasteiger partial charge in [0.15, 0.2) is 16.7 Å². The Kier molecular flexibility index (Phi) is 3.45. The van der Waals surface area contributed by atoms with E-state index in [9.17, 15) is 0 Å². The molecule has 0 radical (unpaired) electrons. The molecular weight excluding hydrogens is 284 g/mol. The minimum Gasteiger partial charge on any atom is -0.454 e. The number of fused-ring (bicyclic) bond motifs is 1. The molecule has 5 heteroatoms. The van der Waals surface area contributed by atoms with E-state index in [1.807, 2.05) is 23.9 Å². The standard InChI is InChI=1S/C16H20N2O2S/c1-2-6-16(7-3-1)10-21-15(18-16)17-9-12-4-5-13-14(8-12)20-11-19-13/h4-5,8H,1-3,6-7,9-11H2,(H,17,18). The third-order valence-electron chi connectivity index (χ3n) is 4.51. The summed E-state index contributed by atoms with van der Waals surface area (Å²) in [5.74, 6) is 2.84. The molecule has 0 atom stereocenters. The number of nitrogens with zero attached hydrogens (tertiary/aromatic N) is 1. The first-order valence-corrected chi connectivity index (χ1v) is 8.66. The van der Waals surface area contributed by atoms with Gasteiger partial charge in [0.05, 0.1) is 6.54 Å². The van der Waals surface area contributed by atoms with Gasteiger partial charge in [0, 0.05) is 11.3 Å². The van der Waals surface area contributed by atoms with Gasteiger partial charge in [-0.15, -0.1) is 0 Å². The average molecular weight is 304 g/mol. The Labute approximate surface area is 129 Å². The van der Waals surface area contributed by atoms with Gasteiger partial charge < -0.3 is 14.8 Å². The van der Waals surface area contributed by atoms with Crippen LogP contribution in [0.1, 0.15) is 37.7 Å². The quantitative estimate of drug-likeness (QED) is 0.910. The molecule has 1 N–H and O–H groups in total. The van der Waals surface area contributed by atoms with E-state index in [0.717, 1.165) is 16.7 Å². The third kappa shape index (κ3) is 2.71. The van der Waals surface area contributed by atoms with Crippen LogP contribution in [0, 0.1) is 0 Å². The monoisotopic (exact) mass is 304 g/mol. The maximum atomic E-state index is 5.41. The van der Waals surface area contributed by atoms with Crippen LogP contribution in [0.25, 0.3) is 0 Å². The highest BCUT2D eigenvalue weighted by Gasteiger charge is 2.37. The summed E-state index contributed by atoms with van der Waals surface area (Å²) < 4.78 is 10.7. The van der Waals surface area contributed by atoms with Gasteiger partial charge in [0.25, 0.3) is 0 Å². The lowest BCUT2D eigenvalue weighted by Crippen LogP contribution is -2.45. The molecule has 3 aliphatic rings. The number of amidine groups is 1. The molecule has 4 rings (SSSR count). The molecule has 0 aromatic heterocycles. The average Bonchev–Trinajstić information content (AvgIpc) is 3.13. The lowest BCUT2D eigenvalue weighted by molar-refractivity contribution is 0.174. The molecule has 0 unspecified atom stereocenters.